The molecule has 1 saturated heterocycles. The highest BCUT2D eigenvalue weighted by atomic mass is 35.5. The molecule has 19 heavy (non-hydrogen) atoms. The molecule has 0 spiro atoms. The van der Waals surface area contributed by atoms with Gasteiger partial charge in [-0.05, 0) is 6.42 Å². The number of fused-ring (bicyclic) bond motifs is 3. The molecule has 2 atom stereocenters. The van der Waals surface area contributed by atoms with Crippen molar-refractivity contribution >= 4 is 23.1 Å². The van der Waals surface area contributed by atoms with Crippen molar-refractivity contribution in [3.8, 4) is 0 Å². The molecule has 1 fully saturated rings. The Morgan fingerprint density at radius 3 is 3.05 bits per heavy atom. The molecule has 0 unspecified atom stereocenters. The number of hydrazine groups is 1. The molecule has 104 valence electrons. The Labute approximate surface area is 113 Å². The third kappa shape index (κ3) is 1.82. The number of halogens is 3. The van der Waals surface area contributed by atoms with Gasteiger partial charge in [-0.15, -0.1) is 10.2 Å². The van der Waals surface area contributed by atoms with E-state index < -0.39 is 12.0 Å². The first-order valence-corrected chi connectivity index (χ1v) is 6.23. The highest BCUT2D eigenvalue weighted by molar-refractivity contribution is 6.29. The van der Waals surface area contributed by atoms with Gasteiger partial charge in [0.25, 0.3) is 6.43 Å². The lowest BCUT2D eigenvalue weighted by molar-refractivity contribution is 0.0597. The monoisotopic (exact) mass is 290 g/mol. The predicted octanol–water partition coefficient (Wildman–Crippen LogP) is 0.601. The lowest BCUT2D eigenvalue weighted by Crippen LogP contribution is -2.57. The summed E-state index contributed by atoms with van der Waals surface area (Å²) in [5.74, 6) is 5.87. The zero-order chi connectivity index (χ0) is 13.6. The van der Waals surface area contributed by atoms with E-state index in [2.05, 4.69) is 20.9 Å². The van der Waals surface area contributed by atoms with Crippen LogP contribution in [0.1, 0.15) is 6.42 Å². The van der Waals surface area contributed by atoms with Crippen LogP contribution < -0.4 is 21.5 Å². The summed E-state index contributed by atoms with van der Waals surface area (Å²) in [5, 5.41) is 10.7. The molecule has 9 heteroatoms. The van der Waals surface area contributed by atoms with Gasteiger partial charge in [-0.2, -0.15) is 0 Å². The summed E-state index contributed by atoms with van der Waals surface area (Å²) >= 11 is 5.81. The van der Waals surface area contributed by atoms with Gasteiger partial charge in [0.15, 0.2) is 11.0 Å². The summed E-state index contributed by atoms with van der Waals surface area (Å²) in [4.78, 5) is 1.63. The number of alkyl halides is 2. The minimum atomic E-state index is -2.50. The first kappa shape index (κ1) is 12.8. The quantitative estimate of drug-likeness (QED) is 0.547. The van der Waals surface area contributed by atoms with Crippen molar-refractivity contribution in [2.24, 2.45) is 5.84 Å². The maximum Gasteiger partial charge on any atom is 0.263 e. The van der Waals surface area contributed by atoms with Crippen LogP contribution in [0.2, 0.25) is 5.15 Å². The smallest absolute Gasteiger partial charge is 0.263 e. The topological polar surface area (TPSA) is 79.1 Å². The van der Waals surface area contributed by atoms with Crippen LogP contribution in [0.25, 0.3) is 0 Å². The van der Waals surface area contributed by atoms with E-state index in [0.29, 0.717) is 18.1 Å². The fraction of sp³-hybridized carbons (Fsp3) is 0.600. The average molecular weight is 291 g/mol. The lowest BCUT2D eigenvalue weighted by Gasteiger charge is -2.43. The van der Waals surface area contributed by atoms with Crippen LogP contribution in [-0.2, 0) is 0 Å². The number of rotatable bonds is 2. The number of nitrogens with one attached hydrogen (secondary N) is 2. The molecule has 0 saturated carbocycles. The Bertz CT molecular complexity index is 501. The Hall–Kier alpha value is -1.25. The van der Waals surface area contributed by atoms with E-state index >= 15 is 0 Å². The molecular weight excluding hydrogens is 278 g/mol. The van der Waals surface area contributed by atoms with Crippen molar-refractivity contribution in [3.05, 3.63) is 11.2 Å². The summed E-state index contributed by atoms with van der Waals surface area (Å²) in [7, 11) is 0. The first-order valence-electron chi connectivity index (χ1n) is 5.86. The molecule has 1 aromatic heterocycles. The number of hydrogen-bond acceptors (Lipinski definition) is 6. The van der Waals surface area contributed by atoms with Crippen molar-refractivity contribution < 1.29 is 8.78 Å². The predicted molar refractivity (Wildman–Crippen MR) is 67.3 cm³/mol. The molecular formula is C10H13ClF2N6. The van der Waals surface area contributed by atoms with Gasteiger partial charge in [0.05, 0.1) is 5.69 Å². The third-order valence-electron chi connectivity index (χ3n) is 3.78. The van der Waals surface area contributed by atoms with Crippen molar-refractivity contribution in [1.29, 1.82) is 0 Å². The molecule has 4 N–H and O–H groups in total. The van der Waals surface area contributed by atoms with Crippen molar-refractivity contribution in [2.75, 3.05) is 23.3 Å². The molecule has 0 aromatic carbocycles. The van der Waals surface area contributed by atoms with Gasteiger partial charge >= 0.3 is 0 Å². The van der Waals surface area contributed by atoms with Crippen LogP contribution in [0.15, 0.2) is 6.07 Å². The van der Waals surface area contributed by atoms with Gasteiger partial charge in [0.1, 0.15) is 5.54 Å². The molecule has 2 aliphatic rings. The maximum atomic E-state index is 13.6. The van der Waals surface area contributed by atoms with Crippen LogP contribution >= 0.6 is 11.6 Å². The van der Waals surface area contributed by atoms with Crippen LogP contribution in [0.5, 0.6) is 0 Å². The summed E-state index contributed by atoms with van der Waals surface area (Å²) in [6.07, 6.45) is -2.24. The highest BCUT2D eigenvalue weighted by Crippen LogP contribution is 2.44. The molecule has 3 rings (SSSR count). The maximum absolute atomic E-state index is 13.6. The second-order valence-corrected chi connectivity index (χ2v) is 5.22. The largest absolute Gasteiger partial charge is 0.364 e. The lowest BCUT2D eigenvalue weighted by atomic mass is 9.93. The zero-order valence-corrected chi connectivity index (χ0v) is 10.7. The molecule has 0 aliphatic carbocycles. The van der Waals surface area contributed by atoms with E-state index in [9.17, 15) is 8.78 Å². The normalized spacial score (nSPS) is 29.1. The molecule has 0 bridgehead atoms. The summed E-state index contributed by atoms with van der Waals surface area (Å²) in [6.45, 7) is 0.490. The van der Waals surface area contributed by atoms with Gasteiger partial charge < -0.3 is 10.2 Å². The molecule has 0 radical (unpaired) electrons. The third-order valence-corrected chi connectivity index (χ3v) is 3.96. The van der Waals surface area contributed by atoms with E-state index in [1.165, 1.54) is 0 Å². The second-order valence-electron chi connectivity index (χ2n) is 4.84. The number of anilines is 2. The van der Waals surface area contributed by atoms with Crippen LogP contribution in [0.4, 0.5) is 20.3 Å². The average Bonchev–Trinajstić information content (AvgIpc) is 2.79. The van der Waals surface area contributed by atoms with E-state index in [0.717, 1.165) is 0 Å². The number of nitrogens with zero attached hydrogens (tertiary/aromatic N) is 3. The Balaban J connectivity index is 2.07. The summed E-state index contributed by atoms with van der Waals surface area (Å²) in [6, 6.07) is 1.35. The second kappa shape index (κ2) is 4.39. The van der Waals surface area contributed by atoms with Gasteiger partial charge in [0.2, 0.25) is 0 Å². The Morgan fingerprint density at radius 1 is 1.58 bits per heavy atom. The van der Waals surface area contributed by atoms with Crippen molar-refractivity contribution in [3.63, 3.8) is 0 Å². The zero-order valence-electron chi connectivity index (χ0n) is 9.91. The van der Waals surface area contributed by atoms with E-state index in [-0.39, 0.29) is 24.2 Å². The molecule has 0 amide bonds. The van der Waals surface area contributed by atoms with Gasteiger partial charge in [-0.3, -0.25) is 11.3 Å². The standard InChI is InChI=1S/C10H13ClF2N6/c11-7-1-6-8(18-17-7)15-4-10(9(12)13)2-5(16-14)3-19(6)10/h1,5,9,16H,2-4,14H2,(H,15,18)/t5-,10-/m1/s1. The van der Waals surface area contributed by atoms with Gasteiger partial charge in [-0.25, -0.2) is 8.78 Å². The number of aromatic nitrogens is 2. The fourth-order valence-corrected chi connectivity index (χ4v) is 2.97. The number of hydrogen-bond donors (Lipinski definition) is 3. The summed E-state index contributed by atoms with van der Waals surface area (Å²) < 4.78 is 27.1. The van der Waals surface area contributed by atoms with E-state index in [1.54, 1.807) is 11.0 Å². The molecule has 3 heterocycles. The Morgan fingerprint density at radius 2 is 2.37 bits per heavy atom. The van der Waals surface area contributed by atoms with Crippen LogP contribution in [-0.4, -0.2) is 41.3 Å². The Kier molecular flexibility index (Phi) is 2.95. The minimum absolute atomic E-state index is 0.103. The van der Waals surface area contributed by atoms with E-state index in [4.69, 9.17) is 17.4 Å². The SMILES string of the molecule is NN[C@H]1CN2c3cc(Cl)nnc3NC[C@@]2(C(F)F)C1. The molecule has 6 nitrogen and oxygen atoms in total. The van der Waals surface area contributed by atoms with E-state index in [1.807, 2.05) is 0 Å². The van der Waals surface area contributed by atoms with Gasteiger partial charge in [0, 0.05) is 25.2 Å². The van der Waals surface area contributed by atoms with Crippen LogP contribution in [0.3, 0.4) is 0 Å². The van der Waals surface area contributed by atoms with Crippen molar-refractivity contribution in [2.45, 2.75) is 24.4 Å². The minimum Gasteiger partial charge on any atom is -0.364 e. The highest BCUT2D eigenvalue weighted by Gasteiger charge is 2.54. The number of nitrogens with two attached hydrogens (primary N) is 1. The molecule has 2 aliphatic heterocycles. The van der Waals surface area contributed by atoms with Crippen LogP contribution in [0, 0.1) is 0 Å². The fourth-order valence-electron chi connectivity index (χ4n) is 2.83. The van der Waals surface area contributed by atoms with Gasteiger partial charge in [-0.1, -0.05) is 11.6 Å². The van der Waals surface area contributed by atoms with Crippen molar-refractivity contribution in [1.82, 2.24) is 15.6 Å². The first-order chi connectivity index (χ1) is 9.06. The molecule has 1 aromatic rings. The summed E-state index contributed by atoms with van der Waals surface area (Å²) in [5.41, 5.74) is 1.84.